The zero-order valence-electron chi connectivity index (χ0n) is 8.14. The number of carbonyl (C=O) groups is 1. The summed E-state index contributed by atoms with van der Waals surface area (Å²) < 4.78 is 0. The summed E-state index contributed by atoms with van der Waals surface area (Å²) >= 11 is 1.54. The van der Waals surface area contributed by atoms with Gasteiger partial charge in [0, 0.05) is 0 Å². The van der Waals surface area contributed by atoms with Crippen LogP contribution < -0.4 is 0 Å². The molecular formula is C11H10N2OS. The van der Waals surface area contributed by atoms with Crippen molar-refractivity contribution in [2.24, 2.45) is 0 Å². The molecule has 0 unspecified atom stereocenters. The molecule has 0 aliphatic rings. The zero-order valence-corrected chi connectivity index (χ0v) is 8.96. The summed E-state index contributed by atoms with van der Waals surface area (Å²) in [5, 5.41) is 12.4. The molecule has 0 N–H and O–H groups in total. The lowest BCUT2D eigenvalue weighted by Crippen LogP contribution is -2.32. The largest absolute Gasteiger partial charge is 0.318 e. The van der Waals surface area contributed by atoms with Crippen LogP contribution in [0, 0.1) is 23.7 Å². The van der Waals surface area contributed by atoms with E-state index in [1.54, 1.807) is 11.3 Å². The van der Waals surface area contributed by atoms with Crippen molar-refractivity contribution in [3.05, 3.63) is 22.4 Å². The van der Waals surface area contributed by atoms with E-state index in [1.807, 2.05) is 22.9 Å². The Labute approximate surface area is 92.9 Å². The van der Waals surface area contributed by atoms with Crippen LogP contribution in [0.25, 0.3) is 0 Å². The summed E-state index contributed by atoms with van der Waals surface area (Å²) in [6, 6.07) is 3.82. The Kier molecular flexibility index (Phi) is 4.40. The van der Waals surface area contributed by atoms with Crippen LogP contribution >= 0.6 is 11.3 Å². The number of rotatable bonds is 4. The molecule has 3 nitrogen and oxygen atoms in total. The van der Waals surface area contributed by atoms with Gasteiger partial charge in [-0.3, -0.25) is 4.79 Å². The van der Waals surface area contributed by atoms with Crippen molar-refractivity contribution in [1.82, 2.24) is 4.90 Å². The topological polar surface area (TPSA) is 44.1 Å². The van der Waals surface area contributed by atoms with Crippen LogP contribution in [0.15, 0.2) is 16.8 Å². The first-order valence-electron chi connectivity index (χ1n) is 4.37. The van der Waals surface area contributed by atoms with Crippen LogP contribution in [0.5, 0.6) is 0 Å². The molecule has 0 radical (unpaired) electrons. The Balaban J connectivity index is 2.58. The molecule has 1 amide bonds. The van der Waals surface area contributed by atoms with E-state index in [1.165, 1.54) is 4.90 Å². The molecule has 15 heavy (non-hydrogen) atoms. The number of terminal acetylenes is 1. The summed E-state index contributed by atoms with van der Waals surface area (Å²) in [5.41, 5.74) is 0.963. The van der Waals surface area contributed by atoms with Gasteiger partial charge in [-0.2, -0.15) is 16.6 Å². The molecule has 0 saturated carbocycles. The summed E-state index contributed by atoms with van der Waals surface area (Å²) in [6.07, 6.45) is 5.43. The molecule has 4 heteroatoms. The monoisotopic (exact) mass is 218 g/mol. The first kappa shape index (κ1) is 11.3. The lowest BCUT2D eigenvalue weighted by atomic mass is 10.2. The molecule has 0 fully saturated rings. The molecule has 1 rings (SSSR count). The second kappa shape index (κ2) is 5.85. The second-order valence-corrected chi connectivity index (χ2v) is 3.70. The number of nitrogens with zero attached hydrogens (tertiary/aromatic N) is 2. The fourth-order valence-corrected chi connectivity index (χ4v) is 1.78. The predicted molar refractivity (Wildman–Crippen MR) is 59.0 cm³/mol. The van der Waals surface area contributed by atoms with Crippen LogP contribution in [-0.4, -0.2) is 23.9 Å². The van der Waals surface area contributed by atoms with E-state index in [0.717, 1.165) is 5.56 Å². The van der Waals surface area contributed by atoms with Gasteiger partial charge < -0.3 is 4.90 Å². The van der Waals surface area contributed by atoms with Gasteiger partial charge in [0.05, 0.1) is 19.0 Å². The van der Waals surface area contributed by atoms with E-state index < -0.39 is 0 Å². The van der Waals surface area contributed by atoms with Gasteiger partial charge >= 0.3 is 0 Å². The average Bonchev–Trinajstić information content (AvgIpc) is 2.70. The first-order chi connectivity index (χ1) is 7.27. The van der Waals surface area contributed by atoms with Crippen LogP contribution in [0.4, 0.5) is 0 Å². The first-order valence-corrected chi connectivity index (χ1v) is 5.31. The van der Waals surface area contributed by atoms with Gasteiger partial charge in [0.25, 0.3) is 0 Å². The summed E-state index contributed by atoms with van der Waals surface area (Å²) in [6.45, 7) is 0.240. The zero-order chi connectivity index (χ0) is 11.1. The van der Waals surface area contributed by atoms with E-state index in [0.29, 0.717) is 6.42 Å². The normalized spacial score (nSPS) is 8.93. The predicted octanol–water partition coefficient (Wildman–Crippen LogP) is 1.28. The third-order valence-corrected chi connectivity index (χ3v) is 2.56. The Morgan fingerprint density at radius 1 is 1.60 bits per heavy atom. The van der Waals surface area contributed by atoms with Crippen molar-refractivity contribution in [1.29, 1.82) is 5.26 Å². The van der Waals surface area contributed by atoms with Crippen LogP contribution in [-0.2, 0) is 11.2 Å². The van der Waals surface area contributed by atoms with Gasteiger partial charge in [-0.25, -0.2) is 0 Å². The van der Waals surface area contributed by atoms with Crippen molar-refractivity contribution in [3.8, 4) is 18.4 Å². The third-order valence-electron chi connectivity index (χ3n) is 1.83. The van der Waals surface area contributed by atoms with Crippen LogP contribution in [0.2, 0.25) is 0 Å². The maximum Gasteiger partial charge on any atom is 0.228 e. The molecule has 1 aromatic rings. The van der Waals surface area contributed by atoms with E-state index in [-0.39, 0.29) is 19.0 Å². The van der Waals surface area contributed by atoms with Crippen molar-refractivity contribution >= 4 is 17.2 Å². The van der Waals surface area contributed by atoms with E-state index >= 15 is 0 Å². The number of hydrogen-bond donors (Lipinski definition) is 0. The Morgan fingerprint density at radius 3 is 2.93 bits per heavy atom. The minimum atomic E-state index is -0.104. The number of hydrogen-bond acceptors (Lipinski definition) is 3. The molecule has 0 atom stereocenters. The van der Waals surface area contributed by atoms with Crippen LogP contribution in [0.1, 0.15) is 5.56 Å². The Hall–Kier alpha value is -1.78. The molecule has 0 spiro atoms. The van der Waals surface area contributed by atoms with Crippen molar-refractivity contribution in [2.75, 3.05) is 13.1 Å². The Morgan fingerprint density at radius 2 is 2.40 bits per heavy atom. The van der Waals surface area contributed by atoms with Crippen molar-refractivity contribution in [2.45, 2.75) is 6.42 Å². The minimum Gasteiger partial charge on any atom is -0.318 e. The highest BCUT2D eigenvalue weighted by Crippen LogP contribution is 2.08. The van der Waals surface area contributed by atoms with Gasteiger partial charge in [0.15, 0.2) is 0 Å². The second-order valence-electron chi connectivity index (χ2n) is 2.92. The molecule has 76 valence electrons. The van der Waals surface area contributed by atoms with E-state index in [2.05, 4.69) is 5.92 Å². The SMILES string of the molecule is C#CCN(CC#N)C(=O)Cc1ccsc1. The lowest BCUT2D eigenvalue weighted by molar-refractivity contribution is -0.129. The van der Waals surface area contributed by atoms with E-state index in [9.17, 15) is 4.79 Å². The average molecular weight is 218 g/mol. The molecule has 0 aliphatic heterocycles. The highest BCUT2D eigenvalue weighted by atomic mass is 32.1. The molecule has 0 bridgehead atoms. The number of nitriles is 1. The number of thiophene rings is 1. The molecular weight excluding hydrogens is 208 g/mol. The van der Waals surface area contributed by atoms with Crippen molar-refractivity contribution < 1.29 is 4.79 Å². The third kappa shape index (κ3) is 3.46. The summed E-state index contributed by atoms with van der Waals surface area (Å²) in [5.74, 6) is 2.27. The molecule has 0 aliphatic carbocycles. The molecule has 1 heterocycles. The molecule has 0 aromatic carbocycles. The standard InChI is InChI=1S/C11H10N2OS/c1-2-5-13(6-4-12)11(14)8-10-3-7-15-9-10/h1,3,7,9H,5-6,8H2. The summed E-state index contributed by atoms with van der Waals surface area (Å²) in [4.78, 5) is 13.0. The highest BCUT2D eigenvalue weighted by Gasteiger charge is 2.12. The quantitative estimate of drug-likeness (QED) is 0.564. The summed E-state index contributed by atoms with van der Waals surface area (Å²) in [7, 11) is 0. The van der Waals surface area contributed by atoms with Crippen molar-refractivity contribution in [3.63, 3.8) is 0 Å². The van der Waals surface area contributed by atoms with Crippen LogP contribution in [0.3, 0.4) is 0 Å². The maximum atomic E-state index is 11.7. The molecule has 0 saturated heterocycles. The van der Waals surface area contributed by atoms with E-state index in [4.69, 9.17) is 11.7 Å². The van der Waals surface area contributed by atoms with Gasteiger partial charge in [0.1, 0.15) is 6.54 Å². The fourth-order valence-electron chi connectivity index (χ4n) is 1.11. The maximum absolute atomic E-state index is 11.7. The smallest absolute Gasteiger partial charge is 0.228 e. The van der Waals surface area contributed by atoms with Gasteiger partial charge in [-0.1, -0.05) is 5.92 Å². The highest BCUT2D eigenvalue weighted by molar-refractivity contribution is 7.07. The van der Waals surface area contributed by atoms with Gasteiger partial charge in [-0.05, 0) is 22.4 Å². The number of amides is 1. The number of carbonyl (C=O) groups excluding carboxylic acids is 1. The lowest BCUT2D eigenvalue weighted by Gasteiger charge is -2.15. The molecule has 1 aromatic heterocycles. The minimum absolute atomic E-state index is 0.0488. The Bertz CT molecular complexity index is 381. The van der Waals surface area contributed by atoms with Gasteiger partial charge in [-0.15, -0.1) is 6.42 Å². The van der Waals surface area contributed by atoms with Gasteiger partial charge in [0.2, 0.25) is 5.91 Å². The fraction of sp³-hybridized carbons (Fsp3) is 0.273.